The van der Waals surface area contributed by atoms with Gasteiger partial charge in [-0.2, -0.15) is 0 Å². The highest BCUT2D eigenvalue weighted by molar-refractivity contribution is 5.86. The highest BCUT2D eigenvalue weighted by Crippen LogP contribution is 2.39. The number of ether oxygens (including phenoxy) is 4. The van der Waals surface area contributed by atoms with E-state index in [1.807, 2.05) is 48.1 Å². The fourth-order valence-corrected chi connectivity index (χ4v) is 5.98. The van der Waals surface area contributed by atoms with Crippen molar-refractivity contribution in [2.24, 2.45) is 0 Å². The van der Waals surface area contributed by atoms with Gasteiger partial charge in [-0.25, -0.2) is 4.79 Å². The van der Waals surface area contributed by atoms with E-state index >= 15 is 0 Å². The van der Waals surface area contributed by atoms with Crippen LogP contribution in [0.25, 0.3) is 0 Å². The van der Waals surface area contributed by atoms with E-state index in [9.17, 15) is 4.79 Å². The zero-order valence-corrected chi connectivity index (χ0v) is 21.8. The maximum atomic E-state index is 12.6. The summed E-state index contributed by atoms with van der Waals surface area (Å²) in [5.74, 6) is 0.432. The minimum atomic E-state index is -0.519. The molecule has 3 heterocycles. The maximum Gasteiger partial charge on any atom is 0.412 e. The lowest BCUT2D eigenvalue weighted by Gasteiger charge is -2.43. The summed E-state index contributed by atoms with van der Waals surface area (Å²) in [7, 11) is 0. The minimum absolute atomic E-state index is 0.207. The fourth-order valence-electron chi connectivity index (χ4n) is 5.98. The van der Waals surface area contributed by atoms with Crippen LogP contribution >= 0.6 is 0 Å². The maximum absolute atomic E-state index is 12.6. The van der Waals surface area contributed by atoms with Gasteiger partial charge in [-0.3, -0.25) is 14.9 Å². The molecule has 3 fully saturated rings. The van der Waals surface area contributed by atoms with Crippen molar-refractivity contribution in [1.82, 2.24) is 14.7 Å². The first-order valence-electron chi connectivity index (χ1n) is 13.8. The van der Waals surface area contributed by atoms with Crippen molar-refractivity contribution >= 4 is 11.8 Å². The second kappa shape index (κ2) is 12.8. The number of aromatic nitrogens is 2. The summed E-state index contributed by atoms with van der Waals surface area (Å²) >= 11 is 0. The zero-order chi connectivity index (χ0) is 25.5. The molecule has 3 aliphatic rings. The molecule has 0 spiro atoms. The number of benzene rings is 1. The first-order chi connectivity index (χ1) is 18.2. The Balaban J connectivity index is 1.19. The Morgan fingerprint density at radius 1 is 1.00 bits per heavy atom. The van der Waals surface area contributed by atoms with Crippen molar-refractivity contribution < 1.29 is 23.7 Å². The molecule has 5 rings (SSSR count). The van der Waals surface area contributed by atoms with Crippen molar-refractivity contribution in [2.75, 3.05) is 38.4 Å². The second-order valence-corrected chi connectivity index (χ2v) is 10.2. The monoisotopic (exact) mass is 512 g/mol. The average molecular weight is 513 g/mol. The average Bonchev–Trinajstić information content (AvgIpc) is 3.44. The summed E-state index contributed by atoms with van der Waals surface area (Å²) in [5, 5.41) is 7.60. The molecule has 1 aromatic heterocycles. The smallest absolute Gasteiger partial charge is 0.412 e. The third-order valence-electron chi connectivity index (χ3n) is 7.78. The van der Waals surface area contributed by atoms with Crippen molar-refractivity contribution in [3.05, 3.63) is 42.1 Å². The topological polar surface area (TPSA) is 87.1 Å². The van der Waals surface area contributed by atoms with Crippen LogP contribution in [0.4, 0.5) is 10.5 Å². The van der Waals surface area contributed by atoms with E-state index in [0.29, 0.717) is 49.5 Å². The minimum Gasteiger partial charge on any atom is -0.475 e. The number of fused-ring (bicyclic) bond motifs is 2. The predicted molar refractivity (Wildman–Crippen MR) is 140 cm³/mol. The number of carbonyl (C=O) groups excluding carboxylic acids is 1. The van der Waals surface area contributed by atoms with Crippen molar-refractivity contribution in [3.8, 4) is 5.88 Å². The van der Waals surface area contributed by atoms with Crippen molar-refractivity contribution in [3.63, 3.8) is 0 Å². The van der Waals surface area contributed by atoms with Crippen LogP contribution in [-0.4, -0.2) is 71.9 Å². The molecule has 9 heteroatoms. The van der Waals surface area contributed by atoms with Crippen LogP contribution < -0.4 is 10.1 Å². The molecule has 2 bridgehead atoms. The predicted octanol–water partition coefficient (Wildman–Crippen LogP) is 4.78. The molecule has 37 heavy (non-hydrogen) atoms. The summed E-state index contributed by atoms with van der Waals surface area (Å²) in [6.45, 7) is 5.74. The van der Waals surface area contributed by atoms with Gasteiger partial charge in [0.25, 0.3) is 5.88 Å². The summed E-state index contributed by atoms with van der Waals surface area (Å²) < 4.78 is 24.6. The van der Waals surface area contributed by atoms with E-state index in [2.05, 4.69) is 10.2 Å². The number of morpholine rings is 1. The normalized spacial score (nSPS) is 25.6. The molecule has 2 atom stereocenters. The third-order valence-corrected chi connectivity index (χ3v) is 7.78. The zero-order valence-electron chi connectivity index (χ0n) is 21.8. The molecular formula is C28H40N4O5. The van der Waals surface area contributed by atoms with Gasteiger partial charge < -0.3 is 18.9 Å². The number of nitrogens with zero attached hydrogens (tertiary/aromatic N) is 3. The van der Waals surface area contributed by atoms with Gasteiger partial charge in [0.15, 0.2) is 0 Å². The Morgan fingerprint density at radius 3 is 2.43 bits per heavy atom. The number of carbonyl (C=O) groups is 1. The third kappa shape index (κ3) is 6.64. The number of hydrogen-bond acceptors (Lipinski definition) is 7. The number of anilines is 1. The quantitative estimate of drug-likeness (QED) is 0.434. The summed E-state index contributed by atoms with van der Waals surface area (Å²) in [5.41, 5.74) is 1.48. The van der Waals surface area contributed by atoms with Crippen LogP contribution in [0.2, 0.25) is 0 Å². The van der Waals surface area contributed by atoms with Gasteiger partial charge in [0.1, 0.15) is 12.3 Å². The van der Waals surface area contributed by atoms with Crippen molar-refractivity contribution in [2.45, 2.75) is 82.6 Å². The van der Waals surface area contributed by atoms with E-state index in [4.69, 9.17) is 24.0 Å². The molecule has 1 amide bonds. The molecule has 0 radical (unpaired) electrons. The first-order valence-corrected chi connectivity index (χ1v) is 13.8. The van der Waals surface area contributed by atoms with Gasteiger partial charge in [-0.1, -0.05) is 30.3 Å². The van der Waals surface area contributed by atoms with Crippen LogP contribution in [0.3, 0.4) is 0 Å². The van der Waals surface area contributed by atoms with E-state index < -0.39 is 6.09 Å². The highest BCUT2D eigenvalue weighted by Gasteiger charge is 2.42. The van der Waals surface area contributed by atoms with E-state index in [1.165, 1.54) is 12.8 Å². The van der Waals surface area contributed by atoms with Crippen LogP contribution in [0, 0.1) is 0 Å². The Labute approximate surface area is 219 Å². The lowest BCUT2D eigenvalue weighted by Crippen LogP contribution is -2.52. The number of nitrogens with one attached hydrogen (secondary N) is 1. The molecular weight excluding hydrogens is 472 g/mol. The first kappa shape index (κ1) is 26.0. The van der Waals surface area contributed by atoms with Gasteiger partial charge in [-0.15, -0.1) is 5.10 Å². The fraction of sp³-hybridized carbons (Fsp3) is 0.643. The lowest BCUT2D eigenvalue weighted by atomic mass is 9.89. The largest absolute Gasteiger partial charge is 0.475 e. The summed E-state index contributed by atoms with van der Waals surface area (Å²) in [6.07, 6.45) is 9.10. The molecule has 1 N–H and O–H groups in total. The molecule has 2 aromatic rings. The summed E-state index contributed by atoms with van der Waals surface area (Å²) in [4.78, 5) is 15.3. The number of rotatable bonds is 11. The Morgan fingerprint density at radius 2 is 1.70 bits per heavy atom. The number of hydrogen-bond donors (Lipinski definition) is 1. The molecule has 1 aliphatic carbocycles. The van der Waals surface area contributed by atoms with Gasteiger partial charge in [-0.05, 0) is 51.0 Å². The standard InChI is InChI=1S/C28H40N4O5/c1-2-34-15-6-16-36-27-26(29-28(33)37-18-21-7-4-3-5-8-21)17-31(30-27)22-9-11-23(12-10-22)32-24-13-14-25(32)20-35-19-24/h3-5,7-8,17,22-25H,2,6,9-16,18-20H2,1H3,(H,29,33)/t22?,23?,24-,25+. The SMILES string of the molecule is CCOCCCOc1nn(C2CCC(N3[C@@H]4CC[C@H]3COC4)CC2)cc1NC(=O)OCc1ccccc1. The molecule has 0 unspecified atom stereocenters. The Hall–Kier alpha value is -2.62. The highest BCUT2D eigenvalue weighted by atomic mass is 16.5. The van der Waals surface area contributed by atoms with Gasteiger partial charge in [0, 0.05) is 37.8 Å². The van der Waals surface area contributed by atoms with Crippen LogP contribution in [0.15, 0.2) is 36.5 Å². The molecule has 2 saturated heterocycles. The molecule has 9 nitrogen and oxygen atoms in total. The van der Waals surface area contributed by atoms with E-state index in [-0.39, 0.29) is 12.6 Å². The molecule has 202 valence electrons. The summed E-state index contributed by atoms with van der Waals surface area (Å²) in [6, 6.07) is 11.8. The van der Waals surface area contributed by atoms with Crippen LogP contribution in [0.5, 0.6) is 5.88 Å². The molecule has 1 aromatic carbocycles. The second-order valence-electron chi connectivity index (χ2n) is 10.2. The molecule has 1 saturated carbocycles. The van der Waals surface area contributed by atoms with Gasteiger partial charge >= 0.3 is 6.09 Å². The van der Waals surface area contributed by atoms with Gasteiger partial charge in [0.05, 0.1) is 32.1 Å². The van der Waals surface area contributed by atoms with E-state index in [1.54, 1.807) is 0 Å². The van der Waals surface area contributed by atoms with Crippen molar-refractivity contribution in [1.29, 1.82) is 0 Å². The Bertz CT molecular complexity index is 976. The molecule has 2 aliphatic heterocycles. The van der Waals surface area contributed by atoms with E-state index in [0.717, 1.165) is 50.9 Å². The lowest BCUT2D eigenvalue weighted by molar-refractivity contribution is -0.0458. The Kier molecular flexibility index (Phi) is 8.97. The van der Waals surface area contributed by atoms with Crippen LogP contribution in [0.1, 0.15) is 63.5 Å². The van der Waals surface area contributed by atoms with Crippen LogP contribution in [-0.2, 0) is 20.8 Å². The number of amides is 1. The van der Waals surface area contributed by atoms with Gasteiger partial charge in [0.2, 0.25) is 0 Å².